The third-order valence-electron chi connectivity index (χ3n) is 3.52. The van der Waals surface area contributed by atoms with E-state index in [2.05, 4.69) is 5.32 Å². The van der Waals surface area contributed by atoms with Crippen molar-refractivity contribution < 1.29 is 14.6 Å². The Hall–Kier alpha value is -3.27. The Balaban J connectivity index is 1.73. The minimum atomic E-state index is -0.963. The highest BCUT2D eigenvalue weighted by atomic mass is 16.5. The van der Waals surface area contributed by atoms with Crippen LogP contribution in [0.1, 0.15) is 15.9 Å². The summed E-state index contributed by atoms with van der Waals surface area (Å²) in [4.78, 5) is 11.3. The Kier molecular flexibility index (Phi) is 4.77. The number of aromatic carboxylic acids is 1. The van der Waals surface area contributed by atoms with Crippen molar-refractivity contribution in [3.63, 3.8) is 0 Å². The van der Waals surface area contributed by atoms with E-state index in [1.54, 1.807) is 24.3 Å². The number of nitrogens with one attached hydrogen (secondary N) is 1. The molecule has 0 atom stereocenters. The van der Waals surface area contributed by atoms with Crippen molar-refractivity contribution in [2.45, 2.75) is 6.61 Å². The number of para-hydroxylation sites is 1. The topological polar surface area (TPSA) is 58.6 Å². The van der Waals surface area contributed by atoms with Gasteiger partial charge >= 0.3 is 5.97 Å². The van der Waals surface area contributed by atoms with E-state index in [0.29, 0.717) is 12.3 Å². The van der Waals surface area contributed by atoms with Crippen molar-refractivity contribution in [3.8, 4) is 5.75 Å². The quantitative estimate of drug-likeness (QED) is 0.691. The zero-order valence-corrected chi connectivity index (χ0v) is 13.0. The number of hydrogen-bond acceptors (Lipinski definition) is 3. The Morgan fingerprint density at radius 3 is 2.46 bits per heavy atom. The lowest BCUT2D eigenvalue weighted by Crippen LogP contribution is -2.02. The van der Waals surface area contributed by atoms with Crippen LogP contribution < -0.4 is 10.1 Å². The number of carboxylic acids is 1. The molecule has 0 radical (unpaired) electrons. The third kappa shape index (κ3) is 3.93. The highest BCUT2D eigenvalue weighted by molar-refractivity contribution is 5.95. The van der Waals surface area contributed by atoms with Crippen LogP contribution in [0.5, 0.6) is 5.75 Å². The van der Waals surface area contributed by atoms with E-state index in [1.165, 1.54) is 0 Å². The van der Waals surface area contributed by atoms with Crippen molar-refractivity contribution in [1.82, 2.24) is 0 Å². The maximum Gasteiger partial charge on any atom is 0.337 e. The van der Waals surface area contributed by atoms with Crippen molar-refractivity contribution in [2.75, 3.05) is 5.32 Å². The van der Waals surface area contributed by atoms with E-state index in [1.807, 2.05) is 54.6 Å². The molecule has 0 saturated carbocycles. The summed E-state index contributed by atoms with van der Waals surface area (Å²) in [6.45, 7) is 0.482. The van der Waals surface area contributed by atoms with Crippen LogP contribution in [0.2, 0.25) is 0 Å². The lowest BCUT2D eigenvalue weighted by molar-refractivity contribution is 0.0698. The molecule has 0 amide bonds. The standard InChI is InChI=1S/C20H17NO3/c22-20(23)18-11-4-5-12-19(18)21-16-9-6-10-17(13-16)24-14-15-7-2-1-3-8-15/h1-13,21H,14H2,(H,22,23). The largest absolute Gasteiger partial charge is 0.489 e. The van der Waals surface area contributed by atoms with Gasteiger partial charge in [-0.1, -0.05) is 48.5 Å². The predicted octanol–water partition coefficient (Wildman–Crippen LogP) is 4.71. The molecule has 2 N–H and O–H groups in total. The van der Waals surface area contributed by atoms with Crippen LogP contribution in [0.3, 0.4) is 0 Å². The highest BCUT2D eigenvalue weighted by Crippen LogP contribution is 2.24. The normalized spacial score (nSPS) is 10.2. The highest BCUT2D eigenvalue weighted by Gasteiger charge is 2.09. The van der Waals surface area contributed by atoms with Gasteiger partial charge in [-0.15, -0.1) is 0 Å². The number of anilines is 2. The van der Waals surface area contributed by atoms with Gasteiger partial charge in [-0.3, -0.25) is 0 Å². The van der Waals surface area contributed by atoms with Gasteiger partial charge in [0.1, 0.15) is 12.4 Å². The van der Waals surface area contributed by atoms with Crippen LogP contribution in [-0.4, -0.2) is 11.1 Å². The SMILES string of the molecule is O=C(O)c1ccccc1Nc1cccc(OCc2ccccc2)c1. The number of carbonyl (C=O) groups is 1. The summed E-state index contributed by atoms with van der Waals surface area (Å²) in [5.41, 5.74) is 2.64. The van der Waals surface area contributed by atoms with Gasteiger partial charge in [0.15, 0.2) is 0 Å². The number of rotatable bonds is 6. The number of hydrogen-bond donors (Lipinski definition) is 2. The molecule has 0 saturated heterocycles. The van der Waals surface area contributed by atoms with Gasteiger partial charge in [0.25, 0.3) is 0 Å². The van der Waals surface area contributed by atoms with Crippen LogP contribution in [0.4, 0.5) is 11.4 Å². The molecule has 0 aliphatic heterocycles. The van der Waals surface area contributed by atoms with Gasteiger partial charge in [0.2, 0.25) is 0 Å². The molecular weight excluding hydrogens is 302 g/mol. The lowest BCUT2D eigenvalue weighted by atomic mass is 10.1. The van der Waals surface area contributed by atoms with Gasteiger partial charge in [-0.25, -0.2) is 4.79 Å². The molecule has 0 aromatic heterocycles. The second-order valence-corrected chi connectivity index (χ2v) is 5.28. The average molecular weight is 319 g/mol. The summed E-state index contributed by atoms with van der Waals surface area (Å²) >= 11 is 0. The summed E-state index contributed by atoms with van der Waals surface area (Å²) in [5, 5.41) is 12.4. The van der Waals surface area contributed by atoms with E-state index >= 15 is 0 Å². The van der Waals surface area contributed by atoms with Gasteiger partial charge in [0.05, 0.1) is 11.3 Å². The van der Waals surface area contributed by atoms with Gasteiger partial charge in [-0.05, 0) is 29.8 Å². The predicted molar refractivity (Wildman–Crippen MR) is 93.9 cm³/mol. The summed E-state index contributed by atoms with van der Waals surface area (Å²) in [5.74, 6) is -0.244. The Morgan fingerprint density at radius 1 is 0.917 bits per heavy atom. The first-order valence-electron chi connectivity index (χ1n) is 7.58. The Morgan fingerprint density at radius 2 is 1.67 bits per heavy atom. The average Bonchev–Trinajstić information content (AvgIpc) is 2.61. The summed E-state index contributed by atoms with van der Waals surface area (Å²) in [6.07, 6.45) is 0. The summed E-state index contributed by atoms with van der Waals surface area (Å²) in [6, 6.07) is 24.2. The first kappa shape index (κ1) is 15.6. The van der Waals surface area contributed by atoms with Crippen molar-refractivity contribution in [1.29, 1.82) is 0 Å². The zero-order chi connectivity index (χ0) is 16.8. The van der Waals surface area contributed by atoms with Crippen LogP contribution in [0.15, 0.2) is 78.9 Å². The van der Waals surface area contributed by atoms with Crippen molar-refractivity contribution >= 4 is 17.3 Å². The molecule has 24 heavy (non-hydrogen) atoms. The molecule has 3 rings (SSSR count). The van der Waals surface area contributed by atoms with Gasteiger partial charge < -0.3 is 15.2 Å². The summed E-state index contributed by atoms with van der Waals surface area (Å²) in [7, 11) is 0. The first-order valence-corrected chi connectivity index (χ1v) is 7.58. The van der Waals surface area contributed by atoms with Crippen LogP contribution in [0.25, 0.3) is 0 Å². The maximum atomic E-state index is 11.3. The van der Waals surface area contributed by atoms with Crippen molar-refractivity contribution in [3.05, 3.63) is 90.0 Å². The molecule has 4 heteroatoms. The number of ether oxygens (including phenoxy) is 1. The maximum absolute atomic E-state index is 11.3. The van der Waals surface area contributed by atoms with Crippen LogP contribution in [-0.2, 0) is 6.61 Å². The molecule has 0 aliphatic rings. The molecule has 0 unspecified atom stereocenters. The molecule has 3 aromatic rings. The molecule has 3 aromatic carbocycles. The first-order chi connectivity index (χ1) is 11.7. The molecule has 0 aliphatic carbocycles. The third-order valence-corrected chi connectivity index (χ3v) is 3.52. The zero-order valence-electron chi connectivity index (χ0n) is 13.0. The summed E-state index contributed by atoms with van der Waals surface area (Å²) < 4.78 is 5.79. The Labute approximate surface area is 140 Å². The van der Waals surface area contributed by atoms with E-state index < -0.39 is 5.97 Å². The minimum absolute atomic E-state index is 0.230. The number of carboxylic acid groups (broad SMARTS) is 1. The number of benzene rings is 3. The fraction of sp³-hybridized carbons (Fsp3) is 0.0500. The van der Waals surface area contributed by atoms with E-state index in [4.69, 9.17) is 4.74 Å². The molecule has 120 valence electrons. The molecule has 0 fully saturated rings. The van der Waals surface area contributed by atoms with E-state index in [0.717, 1.165) is 17.0 Å². The van der Waals surface area contributed by atoms with E-state index in [-0.39, 0.29) is 5.56 Å². The molecule has 0 bridgehead atoms. The lowest BCUT2D eigenvalue weighted by Gasteiger charge is -2.11. The molecule has 0 spiro atoms. The fourth-order valence-electron chi connectivity index (χ4n) is 2.34. The van der Waals surface area contributed by atoms with Gasteiger partial charge in [-0.2, -0.15) is 0 Å². The second-order valence-electron chi connectivity index (χ2n) is 5.28. The molecule has 4 nitrogen and oxygen atoms in total. The Bertz CT molecular complexity index is 831. The monoisotopic (exact) mass is 319 g/mol. The minimum Gasteiger partial charge on any atom is -0.489 e. The van der Waals surface area contributed by atoms with Crippen LogP contribution >= 0.6 is 0 Å². The second kappa shape index (κ2) is 7.33. The molecular formula is C20H17NO3. The van der Waals surface area contributed by atoms with Crippen LogP contribution in [0, 0.1) is 0 Å². The van der Waals surface area contributed by atoms with Gasteiger partial charge in [0, 0.05) is 11.8 Å². The molecule has 0 heterocycles. The fourth-order valence-corrected chi connectivity index (χ4v) is 2.34. The van der Waals surface area contributed by atoms with E-state index in [9.17, 15) is 9.90 Å². The smallest absolute Gasteiger partial charge is 0.337 e. The van der Waals surface area contributed by atoms with Crippen molar-refractivity contribution in [2.24, 2.45) is 0 Å².